The number of aryl methyl sites for hydroxylation is 2. The van der Waals surface area contributed by atoms with Crippen LogP contribution in [0.15, 0.2) is 16.9 Å². The van der Waals surface area contributed by atoms with Crippen molar-refractivity contribution in [1.82, 2.24) is 20.1 Å². The van der Waals surface area contributed by atoms with Crippen LogP contribution >= 0.6 is 0 Å². The van der Waals surface area contributed by atoms with Crippen LogP contribution < -0.4 is 4.90 Å². The minimum absolute atomic E-state index is 0.203. The molecule has 0 saturated carbocycles. The number of rotatable bonds is 2. The fourth-order valence-electron chi connectivity index (χ4n) is 2.06. The summed E-state index contributed by atoms with van der Waals surface area (Å²) in [4.78, 5) is 14.8. The van der Waals surface area contributed by atoms with Gasteiger partial charge in [-0.3, -0.25) is 0 Å². The predicted molar refractivity (Wildman–Crippen MR) is 66.7 cm³/mol. The number of hydrogen-bond donors (Lipinski definition) is 0. The molecule has 3 rings (SSSR count). The Morgan fingerprint density at radius 2 is 2.21 bits per heavy atom. The molecule has 3 heterocycles. The summed E-state index contributed by atoms with van der Waals surface area (Å²) in [5.74, 6) is 2.04. The number of nitrogens with zero attached hydrogens (tertiary/aromatic N) is 5. The first kappa shape index (κ1) is 12.0. The molecule has 100 valence electrons. The van der Waals surface area contributed by atoms with E-state index in [0.29, 0.717) is 24.9 Å². The molecule has 0 spiro atoms. The Balaban J connectivity index is 1.78. The fraction of sp³-hybridized carbons (Fsp3) is 0.500. The van der Waals surface area contributed by atoms with Crippen molar-refractivity contribution in [2.45, 2.75) is 20.0 Å². The Labute approximate surface area is 110 Å². The Hall–Kier alpha value is -2.02. The summed E-state index contributed by atoms with van der Waals surface area (Å²) in [6.45, 7) is 5.79. The van der Waals surface area contributed by atoms with E-state index >= 15 is 0 Å². The van der Waals surface area contributed by atoms with E-state index in [-0.39, 0.29) is 6.10 Å². The van der Waals surface area contributed by atoms with Crippen LogP contribution in [0.4, 0.5) is 5.82 Å². The smallest absolute Gasteiger partial charge is 0.257 e. The van der Waals surface area contributed by atoms with Crippen LogP contribution in [0.25, 0.3) is 0 Å². The van der Waals surface area contributed by atoms with Crippen molar-refractivity contribution in [2.75, 3.05) is 24.6 Å². The SMILES string of the molecule is Cc1cc(N2CCO[C@@H](c3nc(C)no3)C2)ncn1. The Morgan fingerprint density at radius 1 is 1.32 bits per heavy atom. The van der Waals surface area contributed by atoms with Gasteiger partial charge in [0, 0.05) is 18.3 Å². The Kier molecular flexibility index (Phi) is 3.12. The van der Waals surface area contributed by atoms with Crippen LogP contribution in [-0.2, 0) is 4.74 Å². The van der Waals surface area contributed by atoms with Crippen LogP contribution in [0.1, 0.15) is 23.5 Å². The zero-order chi connectivity index (χ0) is 13.2. The molecule has 2 aromatic heterocycles. The van der Waals surface area contributed by atoms with Gasteiger partial charge in [0.2, 0.25) is 0 Å². The average Bonchev–Trinajstić information content (AvgIpc) is 2.86. The van der Waals surface area contributed by atoms with Crippen molar-refractivity contribution < 1.29 is 9.26 Å². The van der Waals surface area contributed by atoms with Gasteiger partial charge in [0.05, 0.1) is 13.2 Å². The minimum atomic E-state index is -0.203. The molecule has 7 nitrogen and oxygen atoms in total. The van der Waals surface area contributed by atoms with Gasteiger partial charge in [0.15, 0.2) is 11.9 Å². The van der Waals surface area contributed by atoms with E-state index in [4.69, 9.17) is 9.26 Å². The molecule has 1 saturated heterocycles. The molecule has 0 N–H and O–H groups in total. The van der Waals surface area contributed by atoms with Gasteiger partial charge in [-0.25, -0.2) is 9.97 Å². The molecular weight excluding hydrogens is 246 g/mol. The van der Waals surface area contributed by atoms with Gasteiger partial charge in [0.1, 0.15) is 12.1 Å². The third kappa shape index (κ3) is 2.55. The number of anilines is 1. The summed E-state index contributed by atoms with van der Waals surface area (Å²) < 4.78 is 10.8. The van der Waals surface area contributed by atoms with Gasteiger partial charge in [-0.15, -0.1) is 0 Å². The monoisotopic (exact) mass is 261 g/mol. The molecule has 0 amide bonds. The molecule has 0 unspecified atom stereocenters. The van der Waals surface area contributed by atoms with Gasteiger partial charge in [-0.2, -0.15) is 4.98 Å². The molecule has 0 aromatic carbocycles. The van der Waals surface area contributed by atoms with Gasteiger partial charge in [0.25, 0.3) is 5.89 Å². The molecule has 2 aromatic rings. The highest BCUT2D eigenvalue weighted by Gasteiger charge is 2.27. The zero-order valence-corrected chi connectivity index (χ0v) is 10.9. The van der Waals surface area contributed by atoms with Crippen LogP contribution in [0, 0.1) is 13.8 Å². The fourth-order valence-corrected chi connectivity index (χ4v) is 2.06. The first-order chi connectivity index (χ1) is 9.22. The summed E-state index contributed by atoms with van der Waals surface area (Å²) in [7, 11) is 0. The molecule has 1 aliphatic heterocycles. The first-order valence-corrected chi connectivity index (χ1v) is 6.18. The maximum Gasteiger partial charge on any atom is 0.257 e. The number of morpholine rings is 1. The van der Waals surface area contributed by atoms with E-state index in [1.807, 2.05) is 13.0 Å². The quantitative estimate of drug-likeness (QED) is 0.799. The molecule has 1 atom stereocenters. The highest BCUT2D eigenvalue weighted by atomic mass is 16.5. The van der Waals surface area contributed by atoms with Gasteiger partial charge >= 0.3 is 0 Å². The average molecular weight is 261 g/mol. The third-order valence-electron chi connectivity index (χ3n) is 3.00. The van der Waals surface area contributed by atoms with E-state index in [2.05, 4.69) is 25.0 Å². The Morgan fingerprint density at radius 3 is 2.95 bits per heavy atom. The lowest BCUT2D eigenvalue weighted by molar-refractivity contribution is 0.0184. The van der Waals surface area contributed by atoms with Crippen molar-refractivity contribution >= 4 is 5.82 Å². The summed E-state index contributed by atoms with van der Waals surface area (Å²) >= 11 is 0. The van der Waals surface area contributed by atoms with Crippen LogP contribution in [-0.4, -0.2) is 39.8 Å². The number of aromatic nitrogens is 4. The highest BCUT2D eigenvalue weighted by Crippen LogP contribution is 2.23. The second-order valence-electron chi connectivity index (χ2n) is 4.50. The highest BCUT2D eigenvalue weighted by molar-refractivity contribution is 5.39. The van der Waals surface area contributed by atoms with Crippen LogP contribution in [0.3, 0.4) is 0 Å². The summed E-state index contributed by atoms with van der Waals surface area (Å²) in [6, 6.07) is 1.96. The van der Waals surface area contributed by atoms with Crippen molar-refractivity contribution in [3.63, 3.8) is 0 Å². The minimum Gasteiger partial charge on any atom is -0.365 e. The van der Waals surface area contributed by atoms with E-state index in [0.717, 1.165) is 18.1 Å². The molecule has 0 radical (unpaired) electrons. The predicted octanol–water partition coefficient (Wildman–Crippen LogP) is 1.05. The lowest BCUT2D eigenvalue weighted by Crippen LogP contribution is -2.39. The lowest BCUT2D eigenvalue weighted by Gasteiger charge is -2.31. The lowest BCUT2D eigenvalue weighted by atomic mass is 10.2. The standard InChI is InChI=1S/C12H15N5O2/c1-8-5-11(14-7-13-8)17-3-4-18-10(6-17)12-15-9(2)16-19-12/h5,7,10H,3-4,6H2,1-2H3/t10-/m1/s1. The molecule has 1 fully saturated rings. The molecule has 19 heavy (non-hydrogen) atoms. The van der Waals surface area contributed by atoms with Crippen molar-refractivity contribution in [1.29, 1.82) is 0 Å². The van der Waals surface area contributed by atoms with Gasteiger partial charge in [-0.05, 0) is 13.8 Å². The molecule has 1 aliphatic rings. The van der Waals surface area contributed by atoms with E-state index in [1.54, 1.807) is 13.3 Å². The Bertz CT molecular complexity index is 571. The number of ether oxygens (including phenoxy) is 1. The molecule has 0 aliphatic carbocycles. The van der Waals surface area contributed by atoms with E-state index in [9.17, 15) is 0 Å². The molecule has 7 heteroatoms. The molecule has 0 bridgehead atoms. The maximum atomic E-state index is 5.68. The van der Waals surface area contributed by atoms with Gasteiger partial charge < -0.3 is 14.2 Å². The second kappa shape index (κ2) is 4.93. The third-order valence-corrected chi connectivity index (χ3v) is 3.00. The second-order valence-corrected chi connectivity index (χ2v) is 4.50. The first-order valence-electron chi connectivity index (χ1n) is 6.18. The normalized spacial score (nSPS) is 19.7. The van der Waals surface area contributed by atoms with E-state index < -0.39 is 0 Å². The van der Waals surface area contributed by atoms with Crippen LogP contribution in [0.2, 0.25) is 0 Å². The topological polar surface area (TPSA) is 77.2 Å². The summed E-state index contributed by atoms with van der Waals surface area (Å²) in [5, 5.41) is 3.79. The zero-order valence-electron chi connectivity index (χ0n) is 10.9. The summed E-state index contributed by atoms with van der Waals surface area (Å²) in [5.41, 5.74) is 0.946. The van der Waals surface area contributed by atoms with Gasteiger partial charge in [-0.1, -0.05) is 5.16 Å². The largest absolute Gasteiger partial charge is 0.365 e. The maximum absolute atomic E-state index is 5.68. The van der Waals surface area contributed by atoms with Crippen molar-refractivity contribution in [3.05, 3.63) is 29.8 Å². The van der Waals surface area contributed by atoms with Crippen molar-refractivity contribution in [3.8, 4) is 0 Å². The van der Waals surface area contributed by atoms with Crippen LogP contribution in [0.5, 0.6) is 0 Å². The number of hydrogen-bond acceptors (Lipinski definition) is 7. The molecular formula is C12H15N5O2. The van der Waals surface area contributed by atoms with Crippen molar-refractivity contribution in [2.24, 2.45) is 0 Å². The van der Waals surface area contributed by atoms with E-state index in [1.165, 1.54) is 0 Å². The summed E-state index contributed by atoms with van der Waals surface area (Å²) in [6.07, 6.45) is 1.37.